The van der Waals surface area contributed by atoms with Crippen LogP contribution in [0.2, 0.25) is 0 Å². The summed E-state index contributed by atoms with van der Waals surface area (Å²) in [4.78, 5) is 12.9. The standard InChI is InChI=1S/C19H28N6O.HI/c1-19(2)10-7-14(8-11-19)23-18(20-3)22-13-9-16-24-17(26-25-16)15-6-4-5-12-21-15;/h4-6,12,14H,7-11,13H2,1-3H3,(H2,20,22,23);1H. The average molecular weight is 484 g/mol. The monoisotopic (exact) mass is 484 g/mol. The van der Waals surface area contributed by atoms with Crippen molar-refractivity contribution in [2.75, 3.05) is 13.6 Å². The van der Waals surface area contributed by atoms with Crippen LogP contribution in [-0.4, -0.2) is 40.7 Å². The lowest BCUT2D eigenvalue weighted by Gasteiger charge is -2.35. The van der Waals surface area contributed by atoms with Crippen molar-refractivity contribution in [1.82, 2.24) is 25.8 Å². The van der Waals surface area contributed by atoms with Crippen LogP contribution in [0.25, 0.3) is 11.6 Å². The van der Waals surface area contributed by atoms with E-state index in [1.807, 2.05) is 18.2 Å². The van der Waals surface area contributed by atoms with Crippen LogP contribution in [0.5, 0.6) is 0 Å². The molecule has 2 heterocycles. The van der Waals surface area contributed by atoms with E-state index in [0.29, 0.717) is 41.8 Å². The molecule has 27 heavy (non-hydrogen) atoms. The maximum Gasteiger partial charge on any atom is 0.276 e. The van der Waals surface area contributed by atoms with Crippen LogP contribution < -0.4 is 10.6 Å². The summed E-state index contributed by atoms with van der Waals surface area (Å²) in [6, 6.07) is 6.11. The first kappa shape index (κ1) is 21.6. The Kier molecular flexibility index (Phi) is 8.00. The van der Waals surface area contributed by atoms with Gasteiger partial charge in [-0.3, -0.25) is 9.98 Å². The minimum Gasteiger partial charge on any atom is -0.356 e. The minimum atomic E-state index is 0. The van der Waals surface area contributed by atoms with E-state index >= 15 is 0 Å². The van der Waals surface area contributed by atoms with E-state index in [2.05, 4.69) is 44.6 Å². The summed E-state index contributed by atoms with van der Waals surface area (Å²) in [6.07, 6.45) is 7.25. The Bertz CT molecular complexity index is 721. The predicted octanol–water partition coefficient (Wildman–Crippen LogP) is 3.43. The predicted molar refractivity (Wildman–Crippen MR) is 117 cm³/mol. The highest BCUT2D eigenvalue weighted by atomic mass is 127. The summed E-state index contributed by atoms with van der Waals surface area (Å²) in [5.41, 5.74) is 1.16. The average Bonchev–Trinajstić information content (AvgIpc) is 3.12. The molecule has 0 saturated heterocycles. The quantitative estimate of drug-likeness (QED) is 0.384. The van der Waals surface area contributed by atoms with Crippen LogP contribution in [-0.2, 0) is 6.42 Å². The maximum atomic E-state index is 5.28. The molecule has 8 heteroatoms. The number of rotatable bonds is 5. The molecule has 7 nitrogen and oxygen atoms in total. The molecular weight excluding hydrogens is 455 g/mol. The third kappa shape index (κ3) is 6.44. The van der Waals surface area contributed by atoms with Crippen molar-refractivity contribution in [2.45, 2.75) is 52.0 Å². The van der Waals surface area contributed by atoms with E-state index < -0.39 is 0 Å². The molecule has 0 atom stereocenters. The number of hydrogen-bond donors (Lipinski definition) is 2. The first-order valence-corrected chi connectivity index (χ1v) is 9.27. The fourth-order valence-electron chi connectivity index (χ4n) is 3.17. The summed E-state index contributed by atoms with van der Waals surface area (Å²) in [7, 11) is 1.80. The summed E-state index contributed by atoms with van der Waals surface area (Å²) in [5.74, 6) is 1.95. The summed E-state index contributed by atoms with van der Waals surface area (Å²) < 4.78 is 5.28. The highest BCUT2D eigenvalue weighted by Crippen LogP contribution is 2.34. The lowest BCUT2D eigenvalue weighted by molar-refractivity contribution is 0.216. The zero-order valence-electron chi connectivity index (χ0n) is 16.2. The van der Waals surface area contributed by atoms with E-state index in [1.54, 1.807) is 13.2 Å². The number of pyridine rings is 1. The normalized spacial score (nSPS) is 17.2. The first-order valence-electron chi connectivity index (χ1n) is 9.27. The van der Waals surface area contributed by atoms with E-state index in [1.165, 1.54) is 25.7 Å². The molecule has 148 valence electrons. The smallest absolute Gasteiger partial charge is 0.276 e. The maximum absolute atomic E-state index is 5.28. The van der Waals surface area contributed by atoms with Gasteiger partial charge in [0.1, 0.15) is 5.69 Å². The Hall–Kier alpha value is -1.71. The van der Waals surface area contributed by atoms with E-state index in [-0.39, 0.29) is 24.0 Å². The Morgan fingerprint density at radius 2 is 2.07 bits per heavy atom. The largest absolute Gasteiger partial charge is 0.356 e. The van der Waals surface area contributed by atoms with Gasteiger partial charge in [-0.1, -0.05) is 25.1 Å². The van der Waals surface area contributed by atoms with Gasteiger partial charge in [-0.05, 0) is 43.2 Å². The first-order chi connectivity index (χ1) is 12.6. The van der Waals surface area contributed by atoms with E-state index in [0.717, 1.165) is 5.96 Å². The number of guanidine groups is 1. The second-order valence-corrected chi connectivity index (χ2v) is 7.56. The molecule has 0 amide bonds. The lowest BCUT2D eigenvalue weighted by Crippen LogP contribution is -2.46. The van der Waals surface area contributed by atoms with Crippen molar-refractivity contribution >= 4 is 29.9 Å². The molecule has 0 spiro atoms. The van der Waals surface area contributed by atoms with Gasteiger partial charge in [-0.2, -0.15) is 4.98 Å². The van der Waals surface area contributed by atoms with Crippen molar-refractivity contribution in [2.24, 2.45) is 10.4 Å². The molecule has 0 aliphatic heterocycles. The van der Waals surface area contributed by atoms with Crippen molar-refractivity contribution in [1.29, 1.82) is 0 Å². The molecule has 0 unspecified atom stereocenters. The van der Waals surface area contributed by atoms with Gasteiger partial charge in [0.2, 0.25) is 0 Å². The Morgan fingerprint density at radius 3 is 2.74 bits per heavy atom. The lowest BCUT2D eigenvalue weighted by atomic mass is 9.75. The molecule has 3 rings (SSSR count). The van der Waals surface area contributed by atoms with Crippen molar-refractivity contribution in [3.8, 4) is 11.6 Å². The molecule has 0 aromatic carbocycles. The second kappa shape index (κ2) is 10.0. The number of aromatic nitrogens is 3. The number of nitrogens with one attached hydrogen (secondary N) is 2. The Balaban J connectivity index is 0.00000261. The third-order valence-corrected chi connectivity index (χ3v) is 4.90. The fourth-order valence-corrected chi connectivity index (χ4v) is 3.17. The second-order valence-electron chi connectivity index (χ2n) is 7.56. The highest BCUT2D eigenvalue weighted by Gasteiger charge is 2.27. The van der Waals surface area contributed by atoms with Crippen LogP contribution in [0.4, 0.5) is 0 Å². The molecule has 1 fully saturated rings. The van der Waals surface area contributed by atoms with Gasteiger partial charge < -0.3 is 15.2 Å². The van der Waals surface area contributed by atoms with Crippen LogP contribution in [0.15, 0.2) is 33.9 Å². The van der Waals surface area contributed by atoms with Crippen LogP contribution in [0.3, 0.4) is 0 Å². The summed E-state index contributed by atoms with van der Waals surface area (Å²) in [5, 5.41) is 10.9. The number of aliphatic imine (C=N–C) groups is 1. The summed E-state index contributed by atoms with van der Waals surface area (Å²) in [6.45, 7) is 5.39. The van der Waals surface area contributed by atoms with Gasteiger partial charge >= 0.3 is 0 Å². The molecule has 2 aromatic heterocycles. The van der Waals surface area contributed by atoms with Crippen molar-refractivity contribution in [3.63, 3.8) is 0 Å². The van der Waals surface area contributed by atoms with Crippen LogP contribution in [0.1, 0.15) is 45.4 Å². The van der Waals surface area contributed by atoms with Crippen LogP contribution in [0, 0.1) is 5.41 Å². The number of nitrogens with zero attached hydrogens (tertiary/aromatic N) is 4. The van der Waals surface area contributed by atoms with Gasteiger partial charge in [0.15, 0.2) is 11.8 Å². The van der Waals surface area contributed by atoms with Gasteiger partial charge in [0.05, 0.1) is 0 Å². The molecule has 2 aromatic rings. The Morgan fingerprint density at radius 1 is 1.30 bits per heavy atom. The molecule has 0 bridgehead atoms. The topological polar surface area (TPSA) is 88.2 Å². The number of halogens is 1. The Labute approximate surface area is 177 Å². The van der Waals surface area contributed by atoms with E-state index in [9.17, 15) is 0 Å². The van der Waals surface area contributed by atoms with E-state index in [4.69, 9.17) is 4.52 Å². The van der Waals surface area contributed by atoms with Gasteiger partial charge in [0, 0.05) is 32.3 Å². The molecule has 1 saturated carbocycles. The molecule has 2 N–H and O–H groups in total. The van der Waals surface area contributed by atoms with Gasteiger partial charge in [-0.25, -0.2) is 0 Å². The zero-order chi connectivity index (χ0) is 18.4. The zero-order valence-corrected chi connectivity index (χ0v) is 18.6. The van der Waals surface area contributed by atoms with Gasteiger partial charge in [-0.15, -0.1) is 24.0 Å². The molecule has 0 radical (unpaired) electrons. The number of hydrogen-bond acceptors (Lipinski definition) is 5. The van der Waals surface area contributed by atoms with Gasteiger partial charge in [0.25, 0.3) is 5.89 Å². The SMILES string of the molecule is CN=C(NCCc1noc(-c2ccccn2)n1)NC1CCC(C)(C)CC1.I. The molecular formula is C19H29IN6O. The molecule has 1 aliphatic rings. The van der Waals surface area contributed by atoms with Crippen LogP contribution >= 0.6 is 24.0 Å². The molecule has 1 aliphatic carbocycles. The minimum absolute atomic E-state index is 0. The highest BCUT2D eigenvalue weighted by molar-refractivity contribution is 14.0. The van der Waals surface area contributed by atoms with Crippen molar-refractivity contribution in [3.05, 3.63) is 30.2 Å². The third-order valence-electron chi connectivity index (χ3n) is 4.90. The summed E-state index contributed by atoms with van der Waals surface area (Å²) >= 11 is 0. The fraction of sp³-hybridized carbons (Fsp3) is 0.579. The van der Waals surface area contributed by atoms with Crippen molar-refractivity contribution < 1.29 is 4.52 Å².